The van der Waals surface area contributed by atoms with Crippen molar-refractivity contribution in [3.05, 3.63) is 70.4 Å². The monoisotopic (exact) mass is 624 g/mol. The Labute approximate surface area is 259 Å². The summed E-state index contributed by atoms with van der Waals surface area (Å²) >= 11 is 6.75. The Kier molecular flexibility index (Phi) is 9.15. The van der Waals surface area contributed by atoms with Crippen LogP contribution in [0, 0.1) is 17.6 Å². The van der Waals surface area contributed by atoms with Crippen LogP contribution in [0.5, 0.6) is 0 Å². The molecule has 0 aliphatic carbocycles. The number of piperidine rings is 1. The van der Waals surface area contributed by atoms with Gasteiger partial charge in [-0.3, -0.25) is 4.79 Å². The van der Waals surface area contributed by atoms with Gasteiger partial charge < -0.3 is 19.5 Å². The van der Waals surface area contributed by atoms with Crippen LogP contribution in [0.1, 0.15) is 51.7 Å². The molecule has 0 spiro atoms. The first-order valence-electron chi connectivity index (χ1n) is 14.5. The first kappa shape index (κ1) is 31.3. The van der Waals surface area contributed by atoms with Gasteiger partial charge in [-0.15, -0.1) is 0 Å². The van der Waals surface area contributed by atoms with Gasteiger partial charge in [0.25, 0.3) is 0 Å². The molecule has 3 heterocycles. The minimum absolute atomic E-state index is 0.0339. The number of carbonyl (C=O) groups excluding carboxylic acids is 2. The average Bonchev–Trinajstić information content (AvgIpc) is 3.29. The molecule has 1 atom stereocenters. The molecule has 12 heteroatoms. The van der Waals surface area contributed by atoms with Crippen LogP contribution >= 0.6 is 11.6 Å². The third-order valence-corrected chi connectivity index (χ3v) is 7.57. The third kappa shape index (κ3) is 7.50. The maximum absolute atomic E-state index is 13.7. The predicted molar refractivity (Wildman–Crippen MR) is 164 cm³/mol. The summed E-state index contributed by atoms with van der Waals surface area (Å²) in [6.07, 6.45) is 3.24. The lowest BCUT2D eigenvalue weighted by Gasteiger charge is -2.34. The number of hydrogen-bond donors (Lipinski definition) is 1. The highest BCUT2D eigenvalue weighted by atomic mass is 35.5. The molecule has 2 aromatic carbocycles. The number of aromatic nitrogens is 4. The van der Waals surface area contributed by atoms with Crippen molar-refractivity contribution in [2.45, 2.75) is 65.6 Å². The molecule has 0 saturated carbocycles. The van der Waals surface area contributed by atoms with Gasteiger partial charge in [0.05, 0.1) is 11.2 Å². The number of anilines is 1. The highest BCUT2D eigenvalue weighted by Crippen LogP contribution is 2.33. The molecule has 5 rings (SSSR count). The van der Waals surface area contributed by atoms with E-state index in [1.54, 1.807) is 17.2 Å². The lowest BCUT2D eigenvalue weighted by atomic mass is 9.98. The molecule has 9 nitrogen and oxygen atoms in total. The normalized spacial score (nSPS) is 15.4. The number of rotatable bonds is 8. The van der Waals surface area contributed by atoms with Crippen molar-refractivity contribution >= 4 is 40.6 Å². The second-order valence-electron chi connectivity index (χ2n) is 12.2. The Balaban J connectivity index is 1.48. The van der Waals surface area contributed by atoms with E-state index >= 15 is 0 Å². The Morgan fingerprint density at radius 2 is 1.86 bits per heavy atom. The first-order valence-corrected chi connectivity index (χ1v) is 14.9. The fraction of sp³-hybridized carbons (Fsp3) is 0.406. The number of benzene rings is 2. The van der Waals surface area contributed by atoms with Gasteiger partial charge in [-0.2, -0.15) is 4.98 Å². The van der Waals surface area contributed by atoms with Gasteiger partial charge >= 0.3 is 6.09 Å². The fourth-order valence-corrected chi connectivity index (χ4v) is 5.60. The molecular formula is C32H35ClF2N6O3. The highest BCUT2D eigenvalue weighted by Gasteiger charge is 2.29. The number of ketones is 1. The second-order valence-corrected chi connectivity index (χ2v) is 12.6. The van der Waals surface area contributed by atoms with Crippen molar-refractivity contribution in [3.8, 4) is 11.4 Å². The largest absolute Gasteiger partial charge is 0.444 e. The lowest BCUT2D eigenvalue weighted by molar-refractivity contribution is -0.116. The van der Waals surface area contributed by atoms with Gasteiger partial charge in [-0.25, -0.2) is 23.5 Å². The maximum Gasteiger partial charge on any atom is 0.410 e. The SMILES string of the molecule is CC(=O)Cc1ccc(-c2nc3cnc(NCc4ccc(F)c(F)c4)nc3n2C[C@@H]2CCCN(C(=O)OC(C)(C)C)C2)c(Cl)c1. The maximum atomic E-state index is 13.7. The van der Waals surface area contributed by atoms with Gasteiger partial charge in [0, 0.05) is 38.2 Å². The van der Waals surface area contributed by atoms with Crippen LogP contribution in [-0.2, 0) is 29.0 Å². The van der Waals surface area contributed by atoms with Crippen LogP contribution in [0.3, 0.4) is 0 Å². The number of ether oxygens (including phenoxy) is 1. The standard InChI is InChI=1S/C32H35ClF2N6O3/c1-19(42)12-20-7-9-23(24(33)13-20)28-38-27-16-37-30(36-15-21-8-10-25(34)26(35)14-21)39-29(27)41(28)18-22-6-5-11-40(17-22)31(43)44-32(2,3)4/h7-10,13-14,16,22H,5-6,11-12,15,17-18H2,1-4H3,(H,36,37,39)/t22-/m1/s1. The molecular weight excluding hydrogens is 590 g/mol. The summed E-state index contributed by atoms with van der Waals surface area (Å²) in [6.45, 7) is 8.87. The average molecular weight is 625 g/mol. The number of nitrogens with one attached hydrogen (secondary N) is 1. The first-order chi connectivity index (χ1) is 20.9. The zero-order valence-corrected chi connectivity index (χ0v) is 25.9. The summed E-state index contributed by atoms with van der Waals surface area (Å²) in [5.41, 5.74) is 2.51. The van der Waals surface area contributed by atoms with Crippen molar-refractivity contribution in [3.63, 3.8) is 0 Å². The van der Waals surface area contributed by atoms with E-state index in [0.717, 1.165) is 30.5 Å². The number of likely N-dealkylation sites (tertiary alicyclic amines) is 1. The van der Waals surface area contributed by atoms with E-state index in [2.05, 4.69) is 10.3 Å². The van der Waals surface area contributed by atoms with Crippen molar-refractivity contribution < 1.29 is 23.1 Å². The third-order valence-electron chi connectivity index (χ3n) is 7.26. The summed E-state index contributed by atoms with van der Waals surface area (Å²) in [6, 6.07) is 9.17. The van der Waals surface area contributed by atoms with E-state index in [1.807, 2.05) is 37.5 Å². The topological polar surface area (TPSA) is 102 Å². The van der Waals surface area contributed by atoms with Crippen molar-refractivity contribution in [1.82, 2.24) is 24.4 Å². The number of hydrogen-bond acceptors (Lipinski definition) is 7. The Hall–Kier alpha value is -4.12. The smallest absolute Gasteiger partial charge is 0.410 e. The molecule has 44 heavy (non-hydrogen) atoms. The Morgan fingerprint density at radius 1 is 1.09 bits per heavy atom. The Morgan fingerprint density at radius 3 is 2.57 bits per heavy atom. The predicted octanol–water partition coefficient (Wildman–Crippen LogP) is 6.82. The van der Waals surface area contributed by atoms with Crippen LogP contribution in [0.2, 0.25) is 5.02 Å². The number of amides is 1. The molecule has 4 aromatic rings. The van der Waals surface area contributed by atoms with E-state index in [9.17, 15) is 18.4 Å². The summed E-state index contributed by atoms with van der Waals surface area (Å²) in [4.78, 5) is 40.3. The van der Waals surface area contributed by atoms with Crippen LogP contribution in [0.4, 0.5) is 19.5 Å². The van der Waals surface area contributed by atoms with Gasteiger partial charge in [-0.1, -0.05) is 23.7 Å². The minimum atomic E-state index is -0.928. The summed E-state index contributed by atoms with van der Waals surface area (Å²) < 4.78 is 34.7. The zero-order chi connectivity index (χ0) is 31.6. The molecule has 1 fully saturated rings. The van der Waals surface area contributed by atoms with Crippen LogP contribution in [0.15, 0.2) is 42.6 Å². The van der Waals surface area contributed by atoms with E-state index in [4.69, 9.17) is 26.3 Å². The molecule has 0 unspecified atom stereocenters. The fourth-order valence-electron chi connectivity index (χ4n) is 5.32. The van der Waals surface area contributed by atoms with E-state index in [1.165, 1.54) is 13.0 Å². The van der Waals surface area contributed by atoms with Gasteiger partial charge in [0.15, 0.2) is 17.3 Å². The van der Waals surface area contributed by atoms with Crippen LogP contribution in [-0.4, -0.2) is 55.0 Å². The molecule has 2 aromatic heterocycles. The van der Waals surface area contributed by atoms with Crippen molar-refractivity contribution in [1.29, 1.82) is 0 Å². The number of imidazole rings is 1. The quantitative estimate of drug-likeness (QED) is 0.230. The van der Waals surface area contributed by atoms with E-state index in [-0.39, 0.29) is 36.7 Å². The number of carbonyl (C=O) groups is 2. The van der Waals surface area contributed by atoms with Crippen molar-refractivity contribution in [2.75, 3.05) is 18.4 Å². The lowest BCUT2D eigenvalue weighted by Crippen LogP contribution is -2.43. The molecule has 1 saturated heterocycles. The Bertz CT molecular complexity index is 1700. The van der Waals surface area contributed by atoms with Crippen molar-refractivity contribution in [2.24, 2.45) is 5.92 Å². The van der Waals surface area contributed by atoms with Gasteiger partial charge in [-0.05, 0) is 81.8 Å². The summed E-state index contributed by atoms with van der Waals surface area (Å²) in [5.74, 6) is -0.854. The summed E-state index contributed by atoms with van der Waals surface area (Å²) in [5, 5.41) is 3.53. The molecule has 0 radical (unpaired) electrons. The molecule has 1 amide bonds. The minimum Gasteiger partial charge on any atom is -0.444 e. The van der Waals surface area contributed by atoms with E-state index in [0.29, 0.717) is 52.8 Å². The second kappa shape index (κ2) is 12.9. The molecule has 0 bridgehead atoms. The molecule has 1 aliphatic heterocycles. The number of nitrogens with zero attached hydrogens (tertiary/aromatic N) is 5. The van der Waals surface area contributed by atoms with Gasteiger partial charge in [0.2, 0.25) is 5.95 Å². The molecule has 1 aliphatic rings. The summed E-state index contributed by atoms with van der Waals surface area (Å²) in [7, 11) is 0. The highest BCUT2D eigenvalue weighted by molar-refractivity contribution is 6.33. The number of halogens is 3. The van der Waals surface area contributed by atoms with Crippen LogP contribution in [0.25, 0.3) is 22.6 Å². The van der Waals surface area contributed by atoms with E-state index < -0.39 is 17.2 Å². The number of Topliss-reactive ketones (excluding diaryl/α,β-unsaturated/α-hetero) is 1. The van der Waals surface area contributed by atoms with Crippen LogP contribution < -0.4 is 5.32 Å². The zero-order valence-electron chi connectivity index (χ0n) is 25.2. The molecule has 1 N–H and O–H groups in total. The van der Waals surface area contributed by atoms with Gasteiger partial charge in [0.1, 0.15) is 22.7 Å². The molecule has 232 valence electrons. The number of fused-ring (bicyclic) bond motifs is 1.